The van der Waals surface area contributed by atoms with E-state index in [9.17, 15) is 14.4 Å². The average Bonchev–Trinajstić information content (AvgIpc) is 2.54. The fourth-order valence-electron chi connectivity index (χ4n) is 1.65. The van der Waals surface area contributed by atoms with Gasteiger partial charge in [-0.1, -0.05) is 27.4 Å². The predicted molar refractivity (Wildman–Crippen MR) is 67.4 cm³/mol. The maximum absolute atomic E-state index is 11.8. The van der Waals surface area contributed by atoms with Crippen molar-refractivity contribution in [3.63, 3.8) is 0 Å². The molecule has 0 unspecified atom stereocenters. The summed E-state index contributed by atoms with van der Waals surface area (Å²) in [6.07, 6.45) is -0.345. The summed E-state index contributed by atoms with van der Waals surface area (Å²) in [5.74, 6) is -1.91. The zero-order chi connectivity index (χ0) is 14.8. The van der Waals surface area contributed by atoms with Gasteiger partial charge in [-0.2, -0.15) is 0 Å². The molecule has 0 radical (unpaired) electrons. The molecule has 1 saturated heterocycles. The third-order valence-electron chi connectivity index (χ3n) is 2.83. The molecule has 2 amide bonds. The molecule has 1 atom stereocenters. The summed E-state index contributed by atoms with van der Waals surface area (Å²) in [6.45, 7) is 9.57. The molecular weight excluding hydrogens is 250 g/mol. The fraction of sp³-hybridized carbons (Fsp3) is 0.615. The number of hydrogen-bond acceptors (Lipinski definition) is 4. The number of aliphatic carboxylic acids is 1. The van der Waals surface area contributed by atoms with Gasteiger partial charge in [-0.25, -0.2) is 14.5 Å². The van der Waals surface area contributed by atoms with Crippen molar-refractivity contribution in [1.82, 2.24) is 4.90 Å². The second-order valence-electron chi connectivity index (χ2n) is 5.76. The van der Waals surface area contributed by atoms with E-state index in [1.165, 1.54) is 0 Å². The van der Waals surface area contributed by atoms with Gasteiger partial charge in [0.25, 0.3) is 5.91 Å². The van der Waals surface area contributed by atoms with Gasteiger partial charge in [0.15, 0.2) is 0 Å². The van der Waals surface area contributed by atoms with Gasteiger partial charge >= 0.3 is 12.1 Å². The second-order valence-corrected chi connectivity index (χ2v) is 5.76. The molecule has 0 aliphatic carbocycles. The van der Waals surface area contributed by atoms with E-state index in [0.717, 1.165) is 0 Å². The molecule has 1 fully saturated rings. The van der Waals surface area contributed by atoms with E-state index in [2.05, 4.69) is 6.58 Å². The number of carboxylic acids is 1. The van der Waals surface area contributed by atoms with E-state index >= 15 is 0 Å². The van der Waals surface area contributed by atoms with E-state index in [1.54, 1.807) is 0 Å². The molecule has 0 aromatic rings. The molecule has 1 heterocycles. The first kappa shape index (κ1) is 15.2. The Morgan fingerprint density at radius 1 is 1.47 bits per heavy atom. The number of rotatable bonds is 3. The Balaban J connectivity index is 2.66. The van der Waals surface area contributed by atoms with Gasteiger partial charge in [0.05, 0.1) is 6.61 Å². The Labute approximate surface area is 112 Å². The van der Waals surface area contributed by atoms with Gasteiger partial charge in [-0.15, -0.1) is 0 Å². The molecule has 0 bridgehead atoms. The minimum Gasteiger partial charge on any atom is -0.480 e. The summed E-state index contributed by atoms with van der Waals surface area (Å²) in [5, 5.41) is 8.98. The number of amides is 2. The number of hydrogen-bond donors (Lipinski definition) is 1. The molecule has 0 spiro atoms. The molecule has 19 heavy (non-hydrogen) atoms. The average molecular weight is 269 g/mol. The van der Waals surface area contributed by atoms with Crippen LogP contribution in [0.5, 0.6) is 0 Å². The highest BCUT2D eigenvalue weighted by Gasteiger charge is 2.43. The quantitative estimate of drug-likeness (QED) is 0.790. The summed E-state index contributed by atoms with van der Waals surface area (Å²) in [6, 6.07) is -1.21. The van der Waals surface area contributed by atoms with Crippen LogP contribution >= 0.6 is 0 Å². The zero-order valence-electron chi connectivity index (χ0n) is 11.4. The Kier molecular flexibility index (Phi) is 4.34. The van der Waals surface area contributed by atoms with Gasteiger partial charge in [0.2, 0.25) is 0 Å². The van der Waals surface area contributed by atoms with Crippen molar-refractivity contribution < 1.29 is 24.2 Å². The first-order valence-electron chi connectivity index (χ1n) is 6.04. The Morgan fingerprint density at radius 2 is 2.05 bits per heavy atom. The first-order chi connectivity index (χ1) is 8.63. The number of carbonyl (C=O) groups excluding carboxylic acids is 2. The lowest BCUT2D eigenvalue weighted by molar-refractivity contribution is -0.144. The predicted octanol–water partition coefficient (Wildman–Crippen LogP) is 1.80. The van der Waals surface area contributed by atoms with Crippen molar-refractivity contribution in [3.05, 3.63) is 12.2 Å². The Bertz CT molecular complexity index is 421. The van der Waals surface area contributed by atoms with Crippen molar-refractivity contribution in [3.8, 4) is 0 Å². The van der Waals surface area contributed by atoms with Gasteiger partial charge in [0.1, 0.15) is 6.04 Å². The van der Waals surface area contributed by atoms with E-state index in [0.29, 0.717) is 11.3 Å². The summed E-state index contributed by atoms with van der Waals surface area (Å²) in [4.78, 5) is 35.1. The number of imide groups is 1. The summed E-state index contributed by atoms with van der Waals surface area (Å²) < 4.78 is 4.96. The number of nitrogens with zero attached hydrogens (tertiary/aromatic N) is 1. The molecule has 0 saturated carbocycles. The van der Waals surface area contributed by atoms with Crippen molar-refractivity contribution in [2.75, 3.05) is 6.61 Å². The van der Waals surface area contributed by atoms with Crippen molar-refractivity contribution in [2.45, 2.75) is 39.7 Å². The number of carboxylic acid groups (broad SMARTS) is 1. The molecule has 106 valence electrons. The van der Waals surface area contributed by atoms with E-state index < -0.39 is 24.0 Å². The summed E-state index contributed by atoms with van der Waals surface area (Å²) in [7, 11) is 0. The minimum atomic E-state index is -1.24. The first-order valence-corrected chi connectivity index (χ1v) is 6.04. The van der Waals surface area contributed by atoms with Crippen LogP contribution in [0, 0.1) is 5.41 Å². The Morgan fingerprint density at radius 3 is 2.53 bits per heavy atom. The number of ether oxygens (including phenoxy) is 1. The van der Waals surface area contributed by atoms with Crippen LogP contribution < -0.4 is 0 Å². The lowest BCUT2D eigenvalue weighted by atomic mass is 9.93. The zero-order valence-corrected chi connectivity index (χ0v) is 11.4. The monoisotopic (exact) mass is 269 g/mol. The lowest BCUT2D eigenvalue weighted by Gasteiger charge is -2.21. The molecule has 0 aromatic heterocycles. The van der Waals surface area contributed by atoms with Crippen LogP contribution in [0.4, 0.5) is 4.79 Å². The molecule has 1 rings (SSSR count). The Hall–Kier alpha value is -1.85. The topological polar surface area (TPSA) is 83.9 Å². The maximum atomic E-state index is 11.8. The molecule has 0 aromatic carbocycles. The van der Waals surface area contributed by atoms with E-state index in [1.807, 2.05) is 20.8 Å². The van der Waals surface area contributed by atoms with Crippen molar-refractivity contribution >= 4 is 18.0 Å². The maximum Gasteiger partial charge on any atom is 0.417 e. The number of carbonyl (C=O) groups is 3. The van der Waals surface area contributed by atoms with E-state index in [4.69, 9.17) is 9.84 Å². The van der Waals surface area contributed by atoms with Crippen molar-refractivity contribution in [1.29, 1.82) is 0 Å². The van der Waals surface area contributed by atoms with Crippen LogP contribution in [0.25, 0.3) is 0 Å². The third kappa shape index (κ3) is 3.81. The summed E-state index contributed by atoms with van der Waals surface area (Å²) >= 11 is 0. The molecule has 1 aliphatic rings. The molecular formula is C13H19NO5. The highest BCUT2D eigenvalue weighted by molar-refractivity contribution is 6.08. The number of likely N-dealkylation sites (tertiary alicyclic amines) is 1. The highest BCUT2D eigenvalue weighted by Crippen LogP contribution is 2.24. The molecule has 1 aliphatic heterocycles. The fourth-order valence-corrected chi connectivity index (χ4v) is 1.65. The van der Waals surface area contributed by atoms with Crippen LogP contribution in [-0.4, -0.2) is 40.6 Å². The molecule has 1 N–H and O–H groups in total. The van der Waals surface area contributed by atoms with Crippen LogP contribution in [-0.2, 0) is 14.3 Å². The third-order valence-corrected chi connectivity index (χ3v) is 2.83. The van der Waals surface area contributed by atoms with Crippen LogP contribution in [0.15, 0.2) is 12.2 Å². The normalized spacial score (nSPS) is 19.7. The smallest absolute Gasteiger partial charge is 0.417 e. The molecule has 6 heteroatoms. The van der Waals surface area contributed by atoms with Crippen molar-refractivity contribution in [2.24, 2.45) is 5.41 Å². The second kappa shape index (κ2) is 5.42. The van der Waals surface area contributed by atoms with Crippen LogP contribution in [0.3, 0.4) is 0 Å². The summed E-state index contributed by atoms with van der Waals surface area (Å²) in [5.41, 5.74) is 0.102. The van der Waals surface area contributed by atoms with Crippen LogP contribution in [0.2, 0.25) is 0 Å². The highest BCUT2D eigenvalue weighted by atomic mass is 16.6. The minimum absolute atomic E-state index is 0.00883. The van der Waals surface area contributed by atoms with Gasteiger partial charge in [0, 0.05) is 12.0 Å². The van der Waals surface area contributed by atoms with E-state index in [-0.39, 0.29) is 24.0 Å². The standard InChI is InChI=1S/C13H19NO5/c1-8-7-9(11(16)17)14(10(8)15)12(18)19-6-5-13(2,3)4/h9H,1,5-7H2,2-4H3,(H,16,17)/t9-/m1/s1. The van der Waals surface area contributed by atoms with Gasteiger partial charge < -0.3 is 9.84 Å². The van der Waals surface area contributed by atoms with Gasteiger partial charge in [-0.3, -0.25) is 4.79 Å². The SMILES string of the molecule is C=C1C[C@H](C(=O)O)N(C(=O)OCCC(C)(C)C)C1=O. The molecule has 6 nitrogen and oxygen atoms in total. The lowest BCUT2D eigenvalue weighted by Crippen LogP contribution is -2.43. The van der Waals surface area contributed by atoms with Gasteiger partial charge in [-0.05, 0) is 11.8 Å². The largest absolute Gasteiger partial charge is 0.480 e. The van der Waals surface area contributed by atoms with Crippen LogP contribution in [0.1, 0.15) is 33.6 Å².